The summed E-state index contributed by atoms with van der Waals surface area (Å²) in [5, 5.41) is 6.08. The maximum atomic E-state index is 13.7. The lowest BCUT2D eigenvalue weighted by Gasteiger charge is -2.30. The number of ether oxygens (including phenoxy) is 1. The smallest absolute Gasteiger partial charge is 0.323 e. The van der Waals surface area contributed by atoms with Crippen LogP contribution in [0.4, 0.5) is 25.0 Å². The lowest BCUT2D eigenvalue weighted by Crippen LogP contribution is -2.37. The van der Waals surface area contributed by atoms with Crippen molar-refractivity contribution in [2.75, 3.05) is 36.9 Å². The first-order valence-corrected chi connectivity index (χ1v) is 12.2. The molecule has 2 aromatic carbocycles. The van der Waals surface area contributed by atoms with Crippen LogP contribution in [0.15, 0.2) is 48.7 Å². The third kappa shape index (κ3) is 6.61. The second-order valence-electron chi connectivity index (χ2n) is 8.20. The normalized spacial score (nSPS) is 14.5. The highest BCUT2D eigenvalue weighted by Crippen LogP contribution is 2.35. The Labute approximate surface area is 206 Å². The summed E-state index contributed by atoms with van der Waals surface area (Å²) >= 11 is 1.65. The molecule has 0 aliphatic carbocycles. The van der Waals surface area contributed by atoms with Gasteiger partial charge in [-0.2, -0.15) is 0 Å². The number of carbonyl (C=O) groups excluding carboxylic acids is 2. The first-order chi connectivity index (χ1) is 16.9. The molecule has 10 heteroatoms. The number of hydrogen-bond donors (Lipinski definition) is 2. The molecule has 0 bridgehead atoms. The first kappa shape index (κ1) is 24.7. The maximum absolute atomic E-state index is 13.7. The average Bonchev–Trinajstić information content (AvgIpc) is 3.32. The highest BCUT2D eigenvalue weighted by Gasteiger charge is 2.24. The Morgan fingerprint density at radius 2 is 1.86 bits per heavy atom. The van der Waals surface area contributed by atoms with E-state index in [4.69, 9.17) is 4.74 Å². The summed E-state index contributed by atoms with van der Waals surface area (Å²) in [7, 11) is 0. The van der Waals surface area contributed by atoms with Crippen molar-refractivity contribution in [3.8, 4) is 10.4 Å². The fourth-order valence-electron chi connectivity index (χ4n) is 3.93. The highest BCUT2D eigenvalue weighted by molar-refractivity contribution is 7.15. The number of benzene rings is 2. The van der Waals surface area contributed by atoms with E-state index in [2.05, 4.69) is 20.5 Å². The summed E-state index contributed by atoms with van der Waals surface area (Å²) in [6.07, 6.45) is 3.75. The van der Waals surface area contributed by atoms with Gasteiger partial charge in [-0.15, -0.1) is 11.3 Å². The fourth-order valence-corrected chi connectivity index (χ4v) is 5.02. The Bertz CT molecular complexity index is 1180. The van der Waals surface area contributed by atoms with Crippen molar-refractivity contribution < 1.29 is 23.1 Å². The molecule has 35 heavy (non-hydrogen) atoms. The number of piperidine rings is 1. The zero-order chi connectivity index (χ0) is 24.8. The number of thiazole rings is 1. The third-order valence-electron chi connectivity index (χ3n) is 5.73. The van der Waals surface area contributed by atoms with Crippen LogP contribution in [0.25, 0.3) is 10.4 Å². The van der Waals surface area contributed by atoms with Gasteiger partial charge in [0.05, 0.1) is 28.7 Å². The topological polar surface area (TPSA) is 83.6 Å². The van der Waals surface area contributed by atoms with Crippen molar-refractivity contribution in [1.29, 1.82) is 0 Å². The predicted octanol–water partition coefficient (Wildman–Crippen LogP) is 5.47. The van der Waals surface area contributed by atoms with Crippen LogP contribution in [0.2, 0.25) is 0 Å². The Morgan fingerprint density at radius 1 is 1.11 bits per heavy atom. The summed E-state index contributed by atoms with van der Waals surface area (Å²) in [4.78, 5) is 31.6. The molecule has 1 aromatic heterocycles. The molecular weight excluding hydrogens is 474 g/mol. The second kappa shape index (κ2) is 11.4. The van der Waals surface area contributed by atoms with E-state index in [1.54, 1.807) is 23.5 Å². The highest BCUT2D eigenvalue weighted by atomic mass is 32.1. The molecule has 0 spiro atoms. The summed E-state index contributed by atoms with van der Waals surface area (Å²) < 4.78 is 31.8. The minimum Gasteiger partial charge on any atom is -0.465 e. The van der Waals surface area contributed by atoms with E-state index in [9.17, 15) is 18.4 Å². The molecule has 1 saturated heterocycles. The van der Waals surface area contributed by atoms with E-state index in [0.29, 0.717) is 30.8 Å². The van der Waals surface area contributed by atoms with Crippen molar-refractivity contribution in [3.05, 3.63) is 65.3 Å². The van der Waals surface area contributed by atoms with Crippen molar-refractivity contribution in [2.24, 2.45) is 0 Å². The molecule has 2 N–H and O–H groups in total. The molecule has 1 fully saturated rings. The van der Waals surface area contributed by atoms with Crippen LogP contribution in [0, 0.1) is 11.6 Å². The number of nitrogens with one attached hydrogen (secondary N) is 2. The Hall–Kier alpha value is -3.37. The van der Waals surface area contributed by atoms with E-state index in [0.717, 1.165) is 47.4 Å². The van der Waals surface area contributed by atoms with Crippen LogP contribution >= 0.6 is 11.3 Å². The minimum absolute atomic E-state index is 0.107. The van der Waals surface area contributed by atoms with Crippen LogP contribution in [0.1, 0.15) is 30.7 Å². The van der Waals surface area contributed by atoms with Crippen molar-refractivity contribution >= 4 is 34.7 Å². The molecule has 3 aromatic rings. The number of hydrogen-bond acceptors (Lipinski definition) is 6. The molecule has 0 saturated carbocycles. The number of halogens is 2. The lowest BCUT2D eigenvalue weighted by atomic mass is 9.97. The van der Waals surface area contributed by atoms with Crippen LogP contribution in [0.5, 0.6) is 0 Å². The zero-order valence-corrected chi connectivity index (χ0v) is 20.0. The van der Waals surface area contributed by atoms with Gasteiger partial charge in [-0.05, 0) is 62.7 Å². The third-order valence-corrected chi connectivity index (χ3v) is 6.93. The van der Waals surface area contributed by atoms with Gasteiger partial charge in [0, 0.05) is 23.9 Å². The van der Waals surface area contributed by atoms with Gasteiger partial charge in [0.15, 0.2) is 0 Å². The first-order valence-electron chi connectivity index (χ1n) is 11.4. The fraction of sp³-hybridized carbons (Fsp3) is 0.320. The number of aromatic nitrogens is 1. The summed E-state index contributed by atoms with van der Waals surface area (Å²) in [5.74, 6) is -1.37. The van der Waals surface area contributed by atoms with Crippen molar-refractivity contribution in [3.63, 3.8) is 0 Å². The molecule has 1 aliphatic rings. The Balaban J connectivity index is 1.30. The maximum Gasteiger partial charge on any atom is 0.323 e. The quantitative estimate of drug-likeness (QED) is 0.420. The number of anilines is 2. The van der Waals surface area contributed by atoms with Gasteiger partial charge in [0.25, 0.3) is 0 Å². The number of nitrogens with zero attached hydrogens (tertiary/aromatic N) is 2. The van der Waals surface area contributed by atoms with Gasteiger partial charge in [-0.3, -0.25) is 9.69 Å². The van der Waals surface area contributed by atoms with E-state index in [1.807, 2.05) is 25.3 Å². The SMILES string of the molecule is CCOC(=O)CN1CCC(c2ncc(-c3ccc(NC(=O)Nc4ccc(F)cc4F)cc3)s2)CC1. The lowest BCUT2D eigenvalue weighted by molar-refractivity contribution is -0.144. The number of likely N-dealkylation sites (tertiary alicyclic amines) is 1. The summed E-state index contributed by atoms with van der Waals surface area (Å²) in [6.45, 7) is 4.22. The molecule has 1 aliphatic heterocycles. The van der Waals surface area contributed by atoms with E-state index in [1.165, 1.54) is 6.07 Å². The molecule has 184 valence electrons. The van der Waals surface area contributed by atoms with E-state index >= 15 is 0 Å². The average molecular weight is 501 g/mol. The monoisotopic (exact) mass is 500 g/mol. The second-order valence-corrected chi connectivity index (χ2v) is 9.26. The van der Waals surface area contributed by atoms with E-state index < -0.39 is 17.7 Å². The minimum atomic E-state index is -0.846. The molecule has 0 unspecified atom stereocenters. The predicted molar refractivity (Wildman–Crippen MR) is 132 cm³/mol. The van der Waals surface area contributed by atoms with E-state index in [-0.39, 0.29) is 11.7 Å². The molecule has 0 radical (unpaired) electrons. The van der Waals surface area contributed by atoms with Crippen LogP contribution in [-0.4, -0.2) is 48.1 Å². The van der Waals surface area contributed by atoms with Crippen molar-refractivity contribution in [2.45, 2.75) is 25.7 Å². The standard InChI is InChI=1S/C25H26F2N4O3S/c1-2-34-23(32)15-31-11-9-17(10-12-31)24-28-14-22(35-24)16-3-6-19(7-4-16)29-25(33)30-21-8-5-18(26)13-20(21)27/h3-8,13-14,17H,2,9-12,15H2,1H3,(H2,29,30,33). The van der Waals surface area contributed by atoms with Gasteiger partial charge < -0.3 is 15.4 Å². The van der Waals surface area contributed by atoms with Gasteiger partial charge in [-0.1, -0.05) is 12.1 Å². The molecule has 0 atom stereocenters. The molecule has 2 amide bonds. The molecular formula is C25H26F2N4O3S. The van der Waals surface area contributed by atoms with Gasteiger partial charge in [0.1, 0.15) is 11.6 Å². The Kier molecular flexibility index (Phi) is 8.04. The summed E-state index contributed by atoms with van der Waals surface area (Å²) in [5.41, 5.74) is 1.40. The van der Waals surface area contributed by atoms with Crippen LogP contribution < -0.4 is 10.6 Å². The number of carbonyl (C=O) groups is 2. The summed E-state index contributed by atoms with van der Waals surface area (Å²) in [6, 6.07) is 9.59. The largest absolute Gasteiger partial charge is 0.465 e. The molecule has 7 nitrogen and oxygen atoms in total. The molecule has 2 heterocycles. The van der Waals surface area contributed by atoms with Gasteiger partial charge in [0.2, 0.25) is 0 Å². The number of rotatable bonds is 7. The number of urea groups is 1. The van der Waals surface area contributed by atoms with Gasteiger partial charge >= 0.3 is 12.0 Å². The Morgan fingerprint density at radius 3 is 2.54 bits per heavy atom. The van der Waals surface area contributed by atoms with Crippen molar-refractivity contribution in [1.82, 2.24) is 9.88 Å². The number of esters is 1. The van der Waals surface area contributed by atoms with Gasteiger partial charge in [-0.25, -0.2) is 18.6 Å². The number of amides is 2. The van der Waals surface area contributed by atoms with Crippen LogP contribution in [0.3, 0.4) is 0 Å². The zero-order valence-electron chi connectivity index (χ0n) is 19.2. The van der Waals surface area contributed by atoms with Crippen LogP contribution in [-0.2, 0) is 9.53 Å². The molecule has 4 rings (SSSR count).